The van der Waals surface area contributed by atoms with Gasteiger partial charge < -0.3 is 10.1 Å². The molecule has 2 aromatic rings. The Morgan fingerprint density at radius 3 is 2.63 bits per heavy atom. The van der Waals surface area contributed by atoms with Crippen LogP contribution in [0.2, 0.25) is 0 Å². The van der Waals surface area contributed by atoms with E-state index in [0.717, 1.165) is 11.3 Å². The number of anilines is 1. The first kappa shape index (κ1) is 12.9. The summed E-state index contributed by atoms with van der Waals surface area (Å²) in [6, 6.07) is 16.9. The van der Waals surface area contributed by atoms with Gasteiger partial charge >= 0.3 is 0 Å². The minimum absolute atomic E-state index is 0.221. The van der Waals surface area contributed by atoms with Crippen LogP contribution in [0, 0.1) is 6.92 Å². The Balaban J connectivity index is 1.88. The van der Waals surface area contributed by atoms with Gasteiger partial charge in [-0.15, -0.1) is 0 Å². The minimum Gasteiger partial charge on any atom is -0.465 e. The van der Waals surface area contributed by atoms with Gasteiger partial charge in [-0.25, -0.2) is 0 Å². The summed E-state index contributed by atoms with van der Waals surface area (Å²) >= 11 is 0. The molecular formula is C16H15NO2. The van der Waals surface area contributed by atoms with Gasteiger partial charge in [-0.1, -0.05) is 30.3 Å². The summed E-state index contributed by atoms with van der Waals surface area (Å²) in [4.78, 5) is 11.6. The van der Waals surface area contributed by atoms with Crippen LogP contribution in [-0.4, -0.2) is 5.91 Å². The number of para-hydroxylation sites is 1. The number of carbonyl (C=O) groups is 1. The Morgan fingerprint density at radius 1 is 1.11 bits per heavy atom. The fourth-order valence-corrected chi connectivity index (χ4v) is 1.58. The van der Waals surface area contributed by atoms with Crippen LogP contribution in [0.15, 0.2) is 66.9 Å². The van der Waals surface area contributed by atoms with Crippen molar-refractivity contribution in [3.05, 3.63) is 72.5 Å². The largest absolute Gasteiger partial charge is 0.465 e. The van der Waals surface area contributed by atoms with Crippen LogP contribution < -0.4 is 10.1 Å². The Kier molecular flexibility index (Phi) is 4.34. The van der Waals surface area contributed by atoms with Crippen LogP contribution in [0.25, 0.3) is 0 Å². The molecule has 1 amide bonds. The number of rotatable bonds is 4. The number of carbonyl (C=O) groups excluding carboxylic acids is 1. The van der Waals surface area contributed by atoms with Gasteiger partial charge in [-0.3, -0.25) is 4.79 Å². The summed E-state index contributed by atoms with van der Waals surface area (Å²) in [5.41, 5.74) is 1.87. The van der Waals surface area contributed by atoms with E-state index < -0.39 is 0 Å². The molecular weight excluding hydrogens is 238 g/mol. The highest BCUT2D eigenvalue weighted by atomic mass is 16.5. The number of aryl methyl sites for hydroxylation is 1. The zero-order chi connectivity index (χ0) is 13.5. The highest BCUT2D eigenvalue weighted by Gasteiger charge is 1.97. The number of benzene rings is 2. The molecule has 3 heteroatoms. The van der Waals surface area contributed by atoms with Crippen molar-refractivity contribution < 1.29 is 9.53 Å². The second-order valence-electron chi connectivity index (χ2n) is 4.09. The number of ether oxygens (including phenoxy) is 1. The van der Waals surface area contributed by atoms with Gasteiger partial charge in [0.05, 0.1) is 6.26 Å². The summed E-state index contributed by atoms with van der Waals surface area (Å²) in [6.07, 6.45) is 2.73. The van der Waals surface area contributed by atoms with E-state index in [1.54, 1.807) is 0 Å². The third-order valence-electron chi connectivity index (χ3n) is 2.45. The van der Waals surface area contributed by atoms with Crippen molar-refractivity contribution in [2.75, 3.05) is 5.32 Å². The summed E-state index contributed by atoms with van der Waals surface area (Å²) < 4.78 is 5.30. The first-order valence-electron chi connectivity index (χ1n) is 6.00. The molecule has 3 nitrogen and oxygen atoms in total. The van der Waals surface area contributed by atoms with Crippen molar-refractivity contribution in [3.8, 4) is 5.75 Å². The van der Waals surface area contributed by atoms with Crippen LogP contribution >= 0.6 is 0 Å². The van der Waals surface area contributed by atoms with E-state index in [0.29, 0.717) is 5.75 Å². The molecule has 1 N–H and O–H groups in total. The number of hydrogen-bond acceptors (Lipinski definition) is 2. The van der Waals surface area contributed by atoms with Gasteiger partial charge in [-0.05, 0) is 36.8 Å². The standard InChI is InChI=1S/C16H15NO2/c1-13-6-5-7-14(12-13)17-16(18)10-11-19-15-8-3-2-4-9-15/h2-12H,1H3,(H,17,18). The van der Waals surface area contributed by atoms with Gasteiger partial charge in [0.1, 0.15) is 5.75 Å². The molecule has 0 aromatic heterocycles. The lowest BCUT2D eigenvalue weighted by Crippen LogP contribution is -2.08. The normalized spacial score (nSPS) is 10.4. The predicted molar refractivity (Wildman–Crippen MR) is 76.0 cm³/mol. The molecule has 2 aromatic carbocycles. The second kappa shape index (κ2) is 6.40. The molecule has 0 aliphatic heterocycles. The van der Waals surface area contributed by atoms with E-state index in [2.05, 4.69) is 5.32 Å². The van der Waals surface area contributed by atoms with Crippen LogP contribution in [-0.2, 0) is 4.79 Å². The van der Waals surface area contributed by atoms with E-state index in [9.17, 15) is 4.79 Å². The van der Waals surface area contributed by atoms with Gasteiger partial charge in [0, 0.05) is 11.8 Å². The predicted octanol–water partition coefficient (Wildman–Crippen LogP) is 3.53. The van der Waals surface area contributed by atoms with Crippen molar-refractivity contribution in [2.24, 2.45) is 0 Å². The summed E-state index contributed by atoms with van der Waals surface area (Å²) in [5, 5.41) is 2.76. The SMILES string of the molecule is Cc1cccc(NC(=O)C=COc2ccccc2)c1. The molecule has 19 heavy (non-hydrogen) atoms. The zero-order valence-electron chi connectivity index (χ0n) is 10.7. The van der Waals surface area contributed by atoms with Crippen molar-refractivity contribution in [2.45, 2.75) is 6.92 Å². The third-order valence-corrected chi connectivity index (χ3v) is 2.45. The Morgan fingerprint density at radius 2 is 1.89 bits per heavy atom. The lowest BCUT2D eigenvalue weighted by atomic mass is 10.2. The van der Waals surface area contributed by atoms with E-state index >= 15 is 0 Å². The van der Waals surface area contributed by atoms with Crippen LogP contribution in [0.1, 0.15) is 5.56 Å². The molecule has 0 fully saturated rings. The molecule has 0 radical (unpaired) electrons. The number of amides is 1. The number of hydrogen-bond donors (Lipinski definition) is 1. The molecule has 0 heterocycles. The Hall–Kier alpha value is -2.55. The lowest BCUT2D eigenvalue weighted by molar-refractivity contribution is -0.112. The highest BCUT2D eigenvalue weighted by molar-refractivity contribution is 5.99. The maximum absolute atomic E-state index is 11.6. The summed E-state index contributed by atoms with van der Waals surface area (Å²) in [5.74, 6) is 0.476. The van der Waals surface area contributed by atoms with E-state index in [1.165, 1.54) is 12.3 Å². The van der Waals surface area contributed by atoms with E-state index in [-0.39, 0.29) is 5.91 Å². The summed E-state index contributed by atoms with van der Waals surface area (Å²) in [6.45, 7) is 1.98. The first-order valence-corrected chi connectivity index (χ1v) is 6.00. The molecule has 0 aliphatic rings. The molecule has 0 unspecified atom stereocenters. The minimum atomic E-state index is -0.221. The fourth-order valence-electron chi connectivity index (χ4n) is 1.58. The van der Waals surface area contributed by atoms with Crippen molar-refractivity contribution >= 4 is 11.6 Å². The first-order chi connectivity index (χ1) is 9.24. The maximum atomic E-state index is 11.6. The molecule has 0 spiro atoms. The highest BCUT2D eigenvalue weighted by Crippen LogP contribution is 2.10. The molecule has 0 saturated heterocycles. The quantitative estimate of drug-likeness (QED) is 0.668. The van der Waals surface area contributed by atoms with Crippen LogP contribution in [0.4, 0.5) is 5.69 Å². The zero-order valence-corrected chi connectivity index (χ0v) is 10.7. The monoisotopic (exact) mass is 253 g/mol. The van der Waals surface area contributed by atoms with E-state index in [1.807, 2.05) is 61.5 Å². The Labute approximate surface area is 112 Å². The maximum Gasteiger partial charge on any atom is 0.251 e. The average Bonchev–Trinajstić information content (AvgIpc) is 2.40. The number of nitrogens with one attached hydrogen (secondary N) is 1. The average molecular weight is 253 g/mol. The van der Waals surface area contributed by atoms with Gasteiger partial charge in [0.25, 0.3) is 5.91 Å². The molecule has 0 atom stereocenters. The molecule has 96 valence electrons. The fraction of sp³-hybridized carbons (Fsp3) is 0.0625. The smallest absolute Gasteiger partial charge is 0.251 e. The lowest BCUT2D eigenvalue weighted by Gasteiger charge is -2.03. The summed E-state index contributed by atoms with van der Waals surface area (Å²) in [7, 11) is 0. The third kappa shape index (κ3) is 4.32. The molecule has 0 saturated carbocycles. The molecule has 0 bridgehead atoms. The second-order valence-corrected chi connectivity index (χ2v) is 4.09. The van der Waals surface area contributed by atoms with Crippen LogP contribution in [0.5, 0.6) is 5.75 Å². The molecule has 0 aliphatic carbocycles. The Bertz CT molecular complexity index is 576. The van der Waals surface area contributed by atoms with Crippen LogP contribution in [0.3, 0.4) is 0 Å². The van der Waals surface area contributed by atoms with Crippen molar-refractivity contribution in [1.29, 1.82) is 0 Å². The molecule has 2 rings (SSSR count). The topological polar surface area (TPSA) is 38.3 Å². The van der Waals surface area contributed by atoms with E-state index in [4.69, 9.17) is 4.74 Å². The van der Waals surface area contributed by atoms with Crippen molar-refractivity contribution in [3.63, 3.8) is 0 Å². The van der Waals surface area contributed by atoms with Gasteiger partial charge in [0.15, 0.2) is 0 Å². The van der Waals surface area contributed by atoms with Crippen molar-refractivity contribution in [1.82, 2.24) is 0 Å². The van der Waals surface area contributed by atoms with Gasteiger partial charge in [-0.2, -0.15) is 0 Å². The van der Waals surface area contributed by atoms with Gasteiger partial charge in [0.2, 0.25) is 0 Å².